The van der Waals surface area contributed by atoms with Gasteiger partial charge in [0.25, 0.3) is 5.79 Å². The van der Waals surface area contributed by atoms with Crippen LogP contribution < -0.4 is 5.32 Å². The Morgan fingerprint density at radius 1 is 0.698 bits per heavy atom. The number of ether oxygens (including phenoxy) is 1. The molecule has 1 heterocycles. The molecule has 13 nitrogen and oxygen atoms in total. The third kappa shape index (κ3) is 21.8. The van der Waals surface area contributed by atoms with E-state index in [-0.39, 0.29) is 6.42 Å². The van der Waals surface area contributed by atoms with Gasteiger partial charge >= 0.3 is 7.82 Å². The lowest BCUT2D eigenvalue weighted by molar-refractivity contribution is -0.295. The lowest BCUT2D eigenvalue weighted by Gasteiger charge is -2.49. The van der Waals surface area contributed by atoms with Crippen LogP contribution in [0.5, 0.6) is 0 Å². The van der Waals surface area contributed by atoms with Crippen molar-refractivity contribution in [1.82, 2.24) is 5.32 Å². The zero-order valence-corrected chi connectivity index (χ0v) is 33.9. The number of carbonyl (C=O) groups is 2. The highest BCUT2D eigenvalue weighted by molar-refractivity contribution is 7.46. The number of hydrogen-bond acceptors (Lipinski definition) is 10. The summed E-state index contributed by atoms with van der Waals surface area (Å²) >= 11 is 0. The minimum atomic E-state index is -5.58. The minimum absolute atomic E-state index is 0.199. The van der Waals surface area contributed by atoms with Crippen molar-refractivity contribution < 1.29 is 58.7 Å². The molecule has 0 spiro atoms. The summed E-state index contributed by atoms with van der Waals surface area (Å²) in [6.45, 7) is 5.71. The summed E-state index contributed by atoms with van der Waals surface area (Å²) in [6.07, 6.45) is 14.4. The Kier molecular flexibility index (Phi) is 26.8. The molecule has 0 aromatic rings. The van der Waals surface area contributed by atoms with Crippen molar-refractivity contribution in [2.45, 2.75) is 224 Å². The summed E-state index contributed by atoms with van der Waals surface area (Å²) in [5.74, 6) is -4.39. The fraction of sp³-hybridized carbons (Fsp3) is 0.949. The molecule has 0 bridgehead atoms. The number of rotatable bonds is 33. The molecule has 0 aromatic heterocycles. The van der Waals surface area contributed by atoms with E-state index in [1.165, 1.54) is 70.6 Å². The highest BCUT2D eigenvalue weighted by Crippen LogP contribution is 2.47. The molecule has 53 heavy (non-hydrogen) atoms. The maximum Gasteiger partial charge on any atom is 0.472 e. The molecule has 1 fully saturated rings. The standard InChI is InChI=1S/C39H76NO12P/c1-4-5-6-7-8-9-10-13-16-19-22-25-31(42)27-34(44)39(52-53(48,49)50)38(37(47)36(46)33(29-41)51-39)40-35(45)28-32(43)26-23-20-17-14-11-12-15-18-21-24-30(2)3/h30-33,36-38,41-43,46-47H,4-29H2,1-3H3,(H,40,45)(H2,48,49,50)/t31-,32-,33-,36-,37+,38-,39-/m1/s1. The van der Waals surface area contributed by atoms with Crippen LogP contribution in [-0.2, 0) is 23.4 Å². The average molecular weight is 782 g/mol. The molecule has 0 aromatic carbocycles. The van der Waals surface area contributed by atoms with Crippen LogP contribution in [0.25, 0.3) is 0 Å². The highest BCUT2D eigenvalue weighted by atomic mass is 31.2. The molecule has 1 saturated heterocycles. The predicted molar refractivity (Wildman–Crippen MR) is 205 cm³/mol. The zero-order valence-electron chi connectivity index (χ0n) is 33.0. The second kappa shape index (κ2) is 28.4. The molecule has 0 unspecified atom stereocenters. The summed E-state index contributed by atoms with van der Waals surface area (Å²) in [6, 6.07) is -2.04. The average Bonchev–Trinajstić information content (AvgIpc) is 3.08. The third-order valence-corrected chi connectivity index (χ3v) is 10.8. The number of aliphatic hydroxyl groups is 5. The Labute approximate surface area is 319 Å². The van der Waals surface area contributed by atoms with E-state index in [0.717, 1.165) is 57.3 Å². The molecule has 14 heteroatoms. The number of phosphoric acid groups is 1. The molecule has 1 rings (SSSR count). The number of unbranched alkanes of at least 4 members (excludes halogenated alkanes) is 18. The van der Waals surface area contributed by atoms with Gasteiger partial charge in [0.1, 0.15) is 24.4 Å². The second-order valence-electron chi connectivity index (χ2n) is 15.7. The second-order valence-corrected chi connectivity index (χ2v) is 16.9. The number of nitrogens with one attached hydrogen (secondary N) is 1. The number of hydrogen-bond donors (Lipinski definition) is 8. The highest BCUT2D eigenvalue weighted by Gasteiger charge is 2.62. The van der Waals surface area contributed by atoms with Crippen LogP contribution >= 0.6 is 7.82 Å². The number of phosphoric ester groups is 1. The summed E-state index contributed by atoms with van der Waals surface area (Å²) in [5.41, 5.74) is 0. The fourth-order valence-corrected chi connectivity index (χ4v) is 7.71. The Hall–Kier alpha value is -0.990. The Balaban J connectivity index is 2.73. The van der Waals surface area contributed by atoms with Crippen LogP contribution in [0.4, 0.5) is 0 Å². The first-order valence-corrected chi connectivity index (χ1v) is 22.3. The normalized spacial score (nSPS) is 23.3. The molecule has 314 valence electrons. The van der Waals surface area contributed by atoms with Crippen molar-refractivity contribution in [3.8, 4) is 0 Å². The van der Waals surface area contributed by atoms with Gasteiger partial charge in [0.05, 0.1) is 25.2 Å². The van der Waals surface area contributed by atoms with Crippen LogP contribution in [0, 0.1) is 5.92 Å². The fourth-order valence-electron chi connectivity index (χ4n) is 7.10. The molecule has 0 saturated carbocycles. The van der Waals surface area contributed by atoms with Crippen LogP contribution in [0.3, 0.4) is 0 Å². The van der Waals surface area contributed by atoms with Crippen LogP contribution in [0.15, 0.2) is 0 Å². The first-order chi connectivity index (χ1) is 25.2. The van der Waals surface area contributed by atoms with E-state index in [0.29, 0.717) is 19.3 Å². The van der Waals surface area contributed by atoms with E-state index < -0.39 is 81.3 Å². The van der Waals surface area contributed by atoms with E-state index in [1.54, 1.807) is 0 Å². The van der Waals surface area contributed by atoms with Gasteiger partial charge in [0, 0.05) is 6.42 Å². The third-order valence-electron chi connectivity index (χ3n) is 10.2. The van der Waals surface area contributed by atoms with Gasteiger partial charge < -0.3 is 45.4 Å². The predicted octanol–water partition coefficient (Wildman–Crippen LogP) is 6.11. The lowest BCUT2D eigenvalue weighted by Crippen LogP contribution is -2.73. The van der Waals surface area contributed by atoms with E-state index >= 15 is 0 Å². The Morgan fingerprint density at radius 2 is 1.11 bits per heavy atom. The van der Waals surface area contributed by atoms with Gasteiger partial charge in [-0.2, -0.15) is 0 Å². The topological polar surface area (TPSA) is 223 Å². The summed E-state index contributed by atoms with van der Waals surface area (Å²) in [4.78, 5) is 46.5. The smallest absolute Gasteiger partial charge is 0.394 e. The Morgan fingerprint density at radius 3 is 1.53 bits per heavy atom. The van der Waals surface area contributed by atoms with Crippen molar-refractivity contribution in [3.63, 3.8) is 0 Å². The van der Waals surface area contributed by atoms with Crippen molar-refractivity contribution in [2.24, 2.45) is 5.92 Å². The molecular weight excluding hydrogens is 705 g/mol. The van der Waals surface area contributed by atoms with Crippen LogP contribution in [-0.4, -0.2) is 96.0 Å². The molecule has 1 aliphatic rings. The molecule has 0 radical (unpaired) electrons. The SMILES string of the molecule is CCCCCCCCCCCCC[C@@H](O)CC(=O)[C@]1(OP(=O)(O)O)O[C@H](CO)[C@@H](O)[C@H](O)[C@H]1NC(=O)C[C@H](O)CCCCCCCCCCCC(C)C. The van der Waals surface area contributed by atoms with Gasteiger partial charge in [0.15, 0.2) is 5.78 Å². The number of amides is 1. The van der Waals surface area contributed by atoms with E-state index in [2.05, 4.69) is 26.1 Å². The molecule has 7 atom stereocenters. The van der Waals surface area contributed by atoms with Crippen LogP contribution in [0.2, 0.25) is 0 Å². The number of Topliss-reactive ketones (excluding diaryl/α,β-unsaturated/α-hetero) is 1. The van der Waals surface area contributed by atoms with Gasteiger partial charge in [-0.25, -0.2) is 9.09 Å². The van der Waals surface area contributed by atoms with Crippen molar-refractivity contribution in [2.75, 3.05) is 6.61 Å². The maximum absolute atomic E-state index is 13.7. The molecular formula is C39H76NO12P. The molecule has 0 aliphatic carbocycles. The summed E-state index contributed by atoms with van der Waals surface area (Å²) in [7, 11) is -5.58. The van der Waals surface area contributed by atoms with Gasteiger partial charge in [-0.1, -0.05) is 156 Å². The number of ketones is 1. The van der Waals surface area contributed by atoms with E-state index in [9.17, 15) is 49.5 Å². The number of carbonyl (C=O) groups excluding carboxylic acids is 2. The lowest BCUT2D eigenvalue weighted by atomic mass is 9.85. The van der Waals surface area contributed by atoms with E-state index in [4.69, 9.17) is 9.26 Å². The van der Waals surface area contributed by atoms with Crippen molar-refractivity contribution >= 4 is 19.5 Å². The first-order valence-electron chi connectivity index (χ1n) is 20.8. The van der Waals surface area contributed by atoms with Gasteiger partial charge in [-0.05, 0) is 18.8 Å². The van der Waals surface area contributed by atoms with Crippen molar-refractivity contribution in [3.05, 3.63) is 0 Å². The summed E-state index contributed by atoms with van der Waals surface area (Å²) < 4.78 is 22.6. The molecule has 8 N–H and O–H groups in total. The van der Waals surface area contributed by atoms with Gasteiger partial charge in [-0.3, -0.25) is 9.59 Å². The van der Waals surface area contributed by atoms with Gasteiger partial charge in [0.2, 0.25) is 5.91 Å². The maximum atomic E-state index is 13.7. The first kappa shape index (κ1) is 50.0. The monoisotopic (exact) mass is 782 g/mol. The van der Waals surface area contributed by atoms with Crippen LogP contribution in [0.1, 0.15) is 181 Å². The molecule has 1 aliphatic heterocycles. The number of aliphatic hydroxyl groups excluding tert-OH is 5. The largest absolute Gasteiger partial charge is 0.472 e. The summed E-state index contributed by atoms with van der Waals surface area (Å²) in [5, 5.41) is 55.0. The Bertz CT molecular complexity index is 1010. The zero-order chi connectivity index (χ0) is 39.7. The minimum Gasteiger partial charge on any atom is -0.394 e. The van der Waals surface area contributed by atoms with Gasteiger partial charge in [-0.15, -0.1) is 0 Å². The van der Waals surface area contributed by atoms with E-state index in [1.807, 2.05) is 0 Å². The quantitative estimate of drug-likeness (QED) is 0.0279. The van der Waals surface area contributed by atoms with Crippen molar-refractivity contribution in [1.29, 1.82) is 0 Å². The molecule has 1 amide bonds.